The maximum Gasteiger partial charge on any atom is 0.338 e. The topological polar surface area (TPSA) is 102 Å². The van der Waals surface area contributed by atoms with E-state index in [9.17, 15) is 19.5 Å². The zero-order chi connectivity index (χ0) is 29.0. The molecular weight excluding hydrogens is 510 g/mol. The van der Waals surface area contributed by atoms with Gasteiger partial charge in [0.25, 0.3) is 11.7 Å². The first-order valence-electron chi connectivity index (χ1n) is 13.2. The van der Waals surface area contributed by atoms with Gasteiger partial charge in [0.05, 0.1) is 37.5 Å². The van der Waals surface area contributed by atoms with E-state index in [2.05, 4.69) is 0 Å². The van der Waals surface area contributed by atoms with Gasteiger partial charge in [0.15, 0.2) is 0 Å². The molecule has 208 valence electrons. The molecule has 1 atom stereocenters. The van der Waals surface area contributed by atoms with Gasteiger partial charge in [-0.05, 0) is 85.5 Å². The summed E-state index contributed by atoms with van der Waals surface area (Å²) in [5, 5.41) is 11.6. The third kappa shape index (κ3) is 5.43. The molecule has 3 aromatic rings. The number of amides is 1. The Hall–Kier alpha value is -4.59. The van der Waals surface area contributed by atoms with Gasteiger partial charge in [0.1, 0.15) is 17.3 Å². The van der Waals surface area contributed by atoms with Gasteiger partial charge in [-0.15, -0.1) is 0 Å². The van der Waals surface area contributed by atoms with Crippen molar-refractivity contribution >= 4 is 29.1 Å². The number of methoxy groups -OCH3 is 1. The fourth-order valence-corrected chi connectivity index (χ4v) is 4.79. The lowest BCUT2D eigenvalue weighted by atomic mass is 9.93. The van der Waals surface area contributed by atoms with Crippen molar-refractivity contribution in [2.45, 2.75) is 39.7 Å². The quantitative estimate of drug-likeness (QED) is 0.152. The number of anilines is 1. The first kappa shape index (κ1) is 28.4. The van der Waals surface area contributed by atoms with Crippen LogP contribution >= 0.6 is 0 Å². The molecule has 0 radical (unpaired) electrons. The van der Waals surface area contributed by atoms with Crippen molar-refractivity contribution in [2.24, 2.45) is 0 Å². The van der Waals surface area contributed by atoms with Crippen LogP contribution in [0.3, 0.4) is 0 Å². The Balaban J connectivity index is 1.89. The van der Waals surface area contributed by atoms with Crippen molar-refractivity contribution in [1.29, 1.82) is 0 Å². The van der Waals surface area contributed by atoms with E-state index in [4.69, 9.17) is 14.2 Å². The molecule has 0 aromatic heterocycles. The highest BCUT2D eigenvalue weighted by molar-refractivity contribution is 6.51. The van der Waals surface area contributed by atoms with Crippen LogP contribution in [0.1, 0.15) is 66.7 Å². The van der Waals surface area contributed by atoms with Crippen LogP contribution in [0.5, 0.6) is 11.5 Å². The second-order valence-corrected chi connectivity index (χ2v) is 9.55. The summed E-state index contributed by atoms with van der Waals surface area (Å²) < 4.78 is 16.2. The first-order valence-corrected chi connectivity index (χ1v) is 13.2. The lowest BCUT2D eigenvalue weighted by molar-refractivity contribution is -0.132. The highest BCUT2D eigenvalue weighted by Crippen LogP contribution is 2.43. The molecule has 4 rings (SSSR count). The van der Waals surface area contributed by atoms with Crippen LogP contribution in [0.15, 0.2) is 72.3 Å². The molecule has 1 aliphatic heterocycles. The second kappa shape index (κ2) is 12.1. The Morgan fingerprint density at radius 1 is 0.950 bits per heavy atom. The van der Waals surface area contributed by atoms with E-state index in [-0.39, 0.29) is 23.9 Å². The number of hydrogen-bond donors (Lipinski definition) is 1. The predicted molar refractivity (Wildman–Crippen MR) is 152 cm³/mol. The minimum absolute atomic E-state index is 0.0495. The van der Waals surface area contributed by atoms with Crippen LogP contribution in [0.25, 0.3) is 5.76 Å². The molecular formula is C32H33NO7. The third-order valence-corrected chi connectivity index (χ3v) is 6.72. The Bertz CT molecular complexity index is 1460. The van der Waals surface area contributed by atoms with Gasteiger partial charge >= 0.3 is 5.97 Å². The highest BCUT2D eigenvalue weighted by Gasteiger charge is 2.47. The number of ketones is 1. The standard InChI is InChI=1S/C32H33NO7/c1-6-39-26-16-13-22(18-25(26)19(3)4)29(34)27-28(21-9-8-10-24(17-21)38-5)33(31(36)30(27)35)23-14-11-20(12-15-23)32(37)40-7-2/h8-19,28,34H,6-7H2,1-5H3/b29-27-. The van der Waals surface area contributed by atoms with Gasteiger partial charge in [0.2, 0.25) is 0 Å². The summed E-state index contributed by atoms with van der Waals surface area (Å²) in [6.45, 7) is 8.35. The minimum Gasteiger partial charge on any atom is -0.507 e. The SMILES string of the molecule is CCOC(=O)c1ccc(N2C(=O)C(=O)/C(=C(\O)c3ccc(OCC)c(C(C)C)c3)C2c2cccc(OC)c2)cc1. The molecule has 1 saturated heterocycles. The van der Waals surface area contributed by atoms with Crippen molar-refractivity contribution in [3.63, 3.8) is 0 Å². The van der Waals surface area contributed by atoms with Crippen molar-refractivity contribution in [1.82, 2.24) is 0 Å². The van der Waals surface area contributed by atoms with Gasteiger partial charge < -0.3 is 19.3 Å². The molecule has 1 unspecified atom stereocenters. The molecule has 1 heterocycles. The lowest BCUT2D eigenvalue weighted by Crippen LogP contribution is -2.29. The molecule has 8 nitrogen and oxygen atoms in total. The maximum atomic E-state index is 13.6. The monoisotopic (exact) mass is 543 g/mol. The molecule has 0 bridgehead atoms. The molecule has 0 aliphatic carbocycles. The van der Waals surface area contributed by atoms with Crippen molar-refractivity contribution in [3.8, 4) is 11.5 Å². The Kier molecular flexibility index (Phi) is 8.58. The average Bonchev–Trinajstić information content (AvgIpc) is 3.23. The van der Waals surface area contributed by atoms with Crippen LogP contribution in [0.2, 0.25) is 0 Å². The van der Waals surface area contributed by atoms with Crippen LogP contribution in [0, 0.1) is 0 Å². The molecule has 8 heteroatoms. The molecule has 1 fully saturated rings. The second-order valence-electron chi connectivity index (χ2n) is 9.55. The van der Waals surface area contributed by atoms with Gasteiger partial charge in [0, 0.05) is 11.3 Å². The molecule has 1 amide bonds. The summed E-state index contributed by atoms with van der Waals surface area (Å²) in [6, 6.07) is 17.5. The number of carbonyl (C=O) groups excluding carboxylic acids is 3. The summed E-state index contributed by atoms with van der Waals surface area (Å²) in [4.78, 5) is 40.6. The molecule has 0 saturated carbocycles. The number of ether oxygens (including phenoxy) is 3. The van der Waals surface area contributed by atoms with E-state index in [1.165, 1.54) is 24.1 Å². The van der Waals surface area contributed by atoms with Crippen LogP contribution in [-0.2, 0) is 14.3 Å². The number of aliphatic hydroxyl groups excluding tert-OH is 1. The molecule has 3 aromatic carbocycles. The average molecular weight is 544 g/mol. The highest BCUT2D eigenvalue weighted by atomic mass is 16.5. The van der Waals surface area contributed by atoms with Gasteiger partial charge in [-0.2, -0.15) is 0 Å². The normalized spacial score (nSPS) is 16.4. The fourth-order valence-electron chi connectivity index (χ4n) is 4.79. The van der Waals surface area contributed by atoms with Gasteiger partial charge in [-0.3, -0.25) is 14.5 Å². The Labute approximate surface area is 233 Å². The minimum atomic E-state index is -0.947. The van der Waals surface area contributed by atoms with E-state index in [1.807, 2.05) is 20.8 Å². The zero-order valence-electron chi connectivity index (χ0n) is 23.3. The summed E-state index contributed by atoms with van der Waals surface area (Å²) in [5.41, 5.74) is 2.49. The van der Waals surface area contributed by atoms with E-state index < -0.39 is 23.7 Å². The van der Waals surface area contributed by atoms with Gasteiger partial charge in [-0.25, -0.2) is 4.79 Å². The number of esters is 1. The van der Waals surface area contributed by atoms with Crippen LogP contribution < -0.4 is 14.4 Å². The maximum absolute atomic E-state index is 13.6. The number of rotatable bonds is 9. The zero-order valence-corrected chi connectivity index (χ0v) is 23.3. The van der Waals surface area contributed by atoms with Gasteiger partial charge in [-0.1, -0.05) is 26.0 Å². The first-order chi connectivity index (χ1) is 19.2. The number of nitrogens with zero attached hydrogens (tertiary/aromatic N) is 1. The van der Waals surface area contributed by atoms with Crippen molar-refractivity contribution in [3.05, 3.63) is 94.6 Å². The molecule has 1 N–H and O–H groups in total. The van der Waals surface area contributed by atoms with E-state index in [1.54, 1.807) is 61.5 Å². The van der Waals surface area contributed by atoms with Crippen LogP contribution in [-0.4, -0.2) is 43.1 Å². The Morgan fingerprint density at radius 3 is 2.27 bits per heavy atom. The third-order valence-electron chi connectivity index (χ3n) is 6.72. The van der Waals surface area contributed by atoms with Crippen molar-refractivity contribution in [2.75, 3.05) is 25.2 Å². The molecule has 40 heavy (non-hydrogen) atoms. The van der Waals surface area contributed by atoms with Crippen molar-refractivity contribution < 1.29 is 33.7 Å². The number of carbonyl (C=O) groups is 3. The lowest BCUT2D eigenvalue weighted by Gasteiger charge is -2.26. The molecule has 0 spiro atoms. The number of hydrogen-bond acceptors (Lipinski definition) is 7. The number of aliphatic hydroxyl groups is 1. The number of Topliss-reactive ketones (excluding diaryl/α,β-unsaturated/α-hetero) is 1. The summed E-state index contributed by atoms with van der Waals surface area (Å²) >= 11 is 0. The van der Waals surface area contributed by atoms with E-state index in [0.29, 0.717) is 40.5 Å². The van der Waals surface area contributed by atoms with E-state index >= 15 is 0 Å². The van der Waals surface area contributed by atoms with E-state index in [0.717, 1.165) is 5.56 Å². The fraction of sp³-hybridized carbons (Fsp3) is 0.281. The largest absolute Gasteiger partial charge is 0.507 e. The summed E-state index contributed by atoms with van der Waals surface area (Å²) in [7, 11) is 1.53. The summed E-state index contributed by atoms with van der Waals surface area (Å²) in [6.07, 6.45) is 0. The number of benzene rings is 3. The summed E-state index contributed by atoms with van der Waals surface area (Å²) in [5.74, 6) is -1.08. The smallest absolute Gasteiger partial charge is 0.338 e. The van der Waals surface area contributed by atoms with Crippen LogP contribution in [0.4, 0.5) is 5.69 Å². The molecule has 1 aliphatic rings. The Morgan fingerprint density at radius 2 is 1.65 bits per heavy atom. The predicted octanol–water partition coefficient (Wildman–Crippen LogP) is 6.02.